The van der Waals surface area contributed by atoms with E-state index < -0.39 is 0 Å². The maximum atomic E-state index is 10.1. The monoisotopic (exact) mass is 188 g/mol. The first kappa shape index (κ1) is 10.1. The number of rotatable bonds is 4. The van der Waals surface area contributed by atoms with Crippen LogP contribution in [-0.2, 0) is 16.0 Å². The van der Waals surface area contributed by atoms with Crippen LogP contribution in [0.4, 0.5) is 5.69 Å². The van der Waals surface area contributed by atoms with Crippen molar-refractivity contribution >= 4 is 17.8 Å². The molecule has 0 heterocycles. The average Bonchev–Trinajstić information content (AvgIpc) is 2.21. The molecule has 0 aliphatic carbocycles. The van der Waals surface area contributed by atoms with E-state index in [1.165, 1.54) is 12.2 Å². The van der Waals surface area contributed by atoms with Crippen molar-refractivity contribution in [3.05, 3.63) is 29.8 Å². The number of nitrogens with zero attached hydrogens (tertiary/aromatic N) is 2. The van der Waals surface area contributed by atoms with Gasteiger partial charge in [-0.3, -0.25) is 0 Å². The molecule has 0 saturated carbocycles. The Balaban J connectivity index is 2.83. The normalized spacial score (nSPS) is 8.57. The first-order valence-corrected chi connectivity index (χ1v) is 4.08. The van der Waals surface area contributed by atoms with E-state index in [-0.39, 0.29) is 0 Å². The number of aliphatic imine (C=N–C) groups is 2. The van der Waals surface area contributed by atoms with Crippen molar-refractivity contribution in [3.8, 4) is 0 Å². The number of para-hydroxylation sites is 1. The smallest absolute Gasteiger partial charge is 0.211 e. The van der Waals surface area contributed by atoms with E-state index >= 15 is 0 Å². The molecule has 0 radical (unpaired) electrons. The third-order valence-corrected chi connectivity index (χ3v) is 1.72. The summed E-state index contributed by atoms with van der Waals surface area (Å²) in [5.74, 6) is 0. The summed E-state index contributed by atoms with van der Waals surface area (Å²) in [5, 5.41) is 0. The second-order valence-corrected chi connectivity index (χ2v) is 2.55. The predicted molar refractivity (Wildman–Crippen MR) is 50.9 cm³/mol. The Hall–Kier alpha value is -2.02. The van der Waals surface area contributed by atoms with E-state index in [0.717, 1.165) is 5.56 Å². The van der Waals surface area contributed by atoms with Crippen LogP contribution in [0, 0.1) is 0 Å². The van der Waals surface area contributed by atoms with Gasteiger partial charge in [-0.2, -0.15) is 4.99 Å². The Bertz CT molecular complexity index is 402. The SMILES string of the molecule is O=C=NCCc1ccccc1N=C=O. The highest BCUT2D eigenvalue weighted by atomic mass is 16.1. The molecule has 4 heteroatoms. The van der Waals surface area contributed by atoms with Gasteiger partial charge in [0.1, 0.15) is 0 Å². The first-order valence-electron chi connectivity index (χ1n) is 4.08. The average molecular weight is 188 g/mol. The van der Waals surface area contributed by atoms with Gasteiger partial charge >= 0.3 is 0 Å². The molecule has 0 aromatic heterocycles. The Labute approximate surface area is 81.0 Å². The fourth-order valence-corrected chi connectivity index (χ4v) is 1.10. The van der Waals surface area contributed by atoms with Crippen LogP contribution in [0.25, 0.3) is 0 Å². The highest BCUT2D eigenvalue weighted by molar-refractivity contribution is 5.53. The summed E-state index contributed by atoms with van der Waals surface area (Å²) in [6.07, 6.45) is 3.50. The molecule has 0 N–H and O–H groups in total. The molecule has 0 bridgehead atoms. The Morgan fingerprint density at radius 1 is 1.14 bits per heavy atom. The Kier molecular flexibility index (Phi) is 4.02. The lowest BCUT2D eigenvalue weighted by atomic mass is 10.1. The van der Waals surface area contributed by atoms with E-state index in [1.54, 1.807) is 12.1 Å². The van der Waals surface area contributed by atoms with Crippen LogP contribution in [0.15, 0.2) is 34.3 Å². The maximum Gasteiger partial charge on any atom is 0.240 e. The maximum absolute atomic E-state index is 10.1. The van der Waals surface area contributed by atoms with Gasteiger partial charge < -0.3 is 0 Å². The van der Waals surface area contributed by atoms with Crippen molar-refractivity contribution in [1.29, 1.82) is 0 Å². The van der Waals surface area contributed by atoms with E-state index in [4.69, 9.17) is 0 Å². The molecule has 0 spiro atoms. The van der Waals surface area contributed by atoms with Crippen molar-refractivity contribution in [2.24, 2.45) is 9.98 Å². The van der Waals surface area contributed by atoms with Crippen molar-refractivity contribution < 1.29 is 9.59 Å². The van der Waals surface area contributed by atoms with Gasteiger partial charge in [0.25, 0.3) is 0 Å². The topological polar surface area (TPSA) is 58.9 Å². The zero-order chi connectivity index (χ0) is 10.2. The fraction of sp³-hybridized carbons (Fsp3) is 0.200. The van der Waals surface area contributed by atoms with Gasteiger partial charge in [-0.15, -0.1) is 0 Å². The molecule has 70 valence electrons. The molecule has 0 aliphatic heterocycles. The molecule has 0 amide bonds. The van der Waals surface area contributed by atoms with Crippen LogP contribution < -0.4 is 0 Å². The summed E-state index contributed by atoms with van der Waals surface area (Å²) in [4.78, 5) is 26.9. The molecule has 14 heavy (non-hydrogen) atoms. The molecule has 0 atom stereocenters. The van der Waals surface area contributed by atoms with Crippen LogP contribution in [0.3, 0.4) is 0 Å². The molecule has 1 rings (SSSR count). The van der Waals surface area contributed by atoms with E-state index in [1.807, 2.05) is 12.1 Å². The number of benzene rings is 1. The third kappa shape index (κ3) is 2.79. The van der Waals surface area contributed by atoms with Gasteiger partial charge in [-0.05, 0) is 18.1 Å². The van der Waals surface area contributed by atoms with Crippen molar-refractivity contribution in [1.82, 2.24) is 0 Å². The highest BCUT2D eigenvalue weighted by Crippen LogP contribution is 2.18. The lowest BCUT2D eigenvalue weighted by Crippen LogP contribution is -1.89. The quantitative estimate of drug-likeness (QED) is 0.531. The predicted octanol–water partition coefficient (Wildman–Crippen LogP) is 1.53. The zero-order valence-corrected chi connectivity index (χ0v) is 7.43. The minimum absolute atomic E-state index is 0.356. The van der Waals surface area contributed by atoms with Crippen molar-refractivity contribution in [2.75, 3.05) is 6.54 Å². The zero-order valence-electron chi connectivity index (χ0n) is 7.43. The van der Waals surface area contributed by atoms with Crippen LogP contribution in [0.1, 0.15) is 5.56 Å². The molecule has 0 saturated heterocycles. The molecule has 1 aromatic carbocycles. The molecule has 0 unspecified atom stereocenters. The van der Waals surface area contributed by atoms with Crippen molar-refractivity contribution in [2.45, 2.75) is 6.42 Å². The standard InChI is InChI=1S/C10H8N2O2/c13-7-11-6-5-9-3-1-2-4-10(9)12-8-14/h1-4H,5-6H2. The van der Waals surface area contributed by atoms with Gasteiger partial charge in [-0.1, -0.05) is 18.2 Å². The van der Waals surface area contributed by atoms with Crippen LogP contribution in [0.5, 0.6) is 0 Å². The fourth-order valence-electron chi connectivity index (χ4n) is 1.10. The summed E-state index contributed by atoms with van der Waals surface area (Å²) in [6, 6.07) is 7.16. The minimum Gasteiger partial charge on any atom is -0.211 e. The first-order chi connectivity index (χ1) is 6.88. The molecule has 0 fully saturated rings. The lowest BCUT2D eigenvalue weighted by Gasteiger charge is -2.00. The van der Waals surface area contributed by atoms with Gasteiger partial charge in [0, 0.05) is 0 Å². The Morgan fingerprint density at radius 3 is 2.64 bits per heavy atom. The second kappa shape index (κ2) is 5.60. The van der Waals surface area contributed by atoms with E-state index in [0.29, 0.717) is 18.7 Å². The van der Waals surface area contributed by atoms with Gasteiger partial charge in [0.2, 0.25) is 12.2 Å². The summed E-state index contributed by atoms with van der Waals surface area (Å²) >= 11 is 0. The summed E-state index contributed by atoms with van der Waals surface area (Å²) in [5.41, 5.74) is 1.44. The third-order valence-electron chi connectivity index (χ3n) is 1.72. The van der Waals surface area contributed by atoms with Crippen LogP contribution >= 0.6 is 0 Å². The van der Waals surface area contributed by atoms with E-state index in [2.05, 4.69) is 9.98 Å². The van der Waals surface area contributed by atoms with Crippen LogP contribution in [0.2, 0.25) is 0 Å². The highest BCUT2D eigenvalue weighted by Gasteiger charge is 1.98. The molecule has 0 aliphatic rings. The molecule has 4 nitrogen and oxygen atoms in total. The van der Waals surface area contributed by atoms with Gasteiger partial charge in [0.05, 0.1) is 12.2 Å². The second-order valence-electron chi connectivity index (χ2n) is 2.55. The number of hydrogen-bond acceptors (Lipinski definition) is 4. The van der Waals surface area contributed by atoms with Gasteiger partial charge in [-0.25, -0.2) is 14.6 Å². The molecular weight excluding hydrogens is 180 g/mol. The minimum atomic E-state index is 0.356. The molecule has 1 aromatic rings. The van der Waals surface area contributed by atoms with Crippen molar-refractivity contribution in [3.63, 3.8) is 0 Å². The Morgan fingerprint density at radius 2 is 1.93 bits per heavy atom. The summed E-state index contributed by atoms with van der Waals surface area (Å²) in [6.45, 7) is 0.356. The number of isocyanates is 2. The number of carbonyl (C=O) groups excluding carboxylic acids is 2. The van der Waals surface area contributed by atoms with E-state index in [9.17, 15) is 9.59 Å². The largest absolute Gasteiger partial charge is 0.240 e. The summed E-state index contributed by atoms with van der Waals surface area (Å²) < 4.78 is 0. The summed E-state index contributed by atoms with van der Waals surface area (Å²) in [7, 11) is 0. The van der Waals surface area contributed by atoms with Gasteiger partial charge in [0.15, 0.2) is 0 Å². The lowest BCUT2D eigenvalue weighted by molar-refractivity contribution is 0.562. The molecular formula is C10H8N2O2. The van der Waals surface area contributed by atoms with Crippen LogP contribution in [-0.4, -0.2) is 18.7 Å². The number of hydrogen-bond donors (Lipinski definition) is 0.